The summed E-state index contributed by atoms with van der Waals surface area (Å²) in [6, 6.07) is -0.439. The predicted octanol–water partition coefficient (Wildman–Crippen LogP) is 0.502. The Morgan fingerprint density at radius 3 is 3.00 bits per heavy atom. The van der Waals surface area contributed by atoms with Gasteiger partial charge in [0.2, 0.25) is 0 Å². The van der Waals surface area contributed by atoms with Gasteiger partial charge in [-0.25, -0.2) is 0 Å². The molecule has 1 saturated heterocycles. The molecule has 1 rings (SSSR count). The lowest BCUT2D eigenvalue weighted by Crippen LogP contribution is -2.36. The van der Waals surface area contributed by atoms with E-state index in [9.17, 15) is 4.79 Å². The van der Waals surface area contributed by atoms with Gasteiger partial charge in [-0.1, -0.05) is 5.11 Å². The molecule has 0 spiro atoms. The van der Waals surface area contributed by atoms with Crippen LogP contribution in [0, 0.1) is 0 Å². The van der Waals surface area contributed by atoms with Crippen molar-refractivity contribution in [1.82, 2.24) is 5.32 Å². The first-order valence-corrected chi connectivity index (χ1v) is 3.73. The molecule has 2 N–H and O–H groups in total. The molecule has 0 unspecified atom stereocenters. The molecule has 0 aromatic rings. The van der Waals surface area contributed by atoms with Crippen LogP contribution >= 0.6 is 0 Å². The maximum absolute atomic E-state index is 10.5. The van der Waals surface area contributed by atoms with Gasteiger partial charge in [0, 0.05) is 17.5 Å². The van der Waals surface area contributed by atoms with E-state index >= 15 is 0 Å². The molecule has 0 aromatic carbocycles. The van der Waals surface area contributed by atoms with Crippen molar-refractivity contribution >= 4 is 5.97 Å². The van der Waals surface area contributed by atoms with Crippen molar-refractivity contribution in [2.45, 2.75) is 24.9 Å². The lowest BCUT2D eigenvalue weighted by Gasteiger charge is -2.07. The van der Waals surface area contributed by atoms with Gasteiger partial charge in [0.15, 0.2) is 0 Å². The third-order valence-electron chi connectivity index (χ3n) is 1.90. The Morgan fingerprint density at radius 1 is 1.75 bits per heavy atom. The highest BCUT2D eigenvalue weighted by atomic mass is 16.4. The van der Waals surface area contributed by atoms with Gasteiger partial charge in [0.05, 0.1) is 0 Å². The van der Waals surface area contributed by atoms with Crippen molar-refractivity contribution < 1.29 is 9.90 Å². The second kappa shape index (κ2) is 3.94. The zero-order valence-corrected chi connectivity index (χ0v) is 6.47. The monoisotopic (exact) mass is 170 g/mol. The number of aliphatic carboxylic acids is 1. The van der Waals surface area contributed by atoms with Crippen LogP contribution < -0.4 is 5.32 Å². The van der Waals surface area contributed by atoms with Crippen molar-refractivity contribution in [3.8, 4) is 0 Å². The van der Waals surface area contributed by atoms with Crippen LogP contribution in [-0.2, 0) is 4.79 Å². The van der Waals surface area contributed by atoms with E-state index in [4.69, 9.17) is 10.6 Å². The summed E-state index contributed by atoms with van der Waals surface area (Å²) in [6.45, 7) is 0.334. The average Bonchev–Trinajstić information content (AvgIpc) is 2.48. The SMILES string of the molecule is [N-]=[N+]=NC[C@H]1CC[C@@H](C(=O)O)N1. The van der Waals surface area contributed by atoms with Gasteiger partial charge < -0.3 is 10.4 Å². The maximum atomic E-state index is 10.5. The van der Waals surface area contributed by atoms with Crippen LogP contribution in [0.25, 0.3) is 10.4 Å². The first-order chi connectivity index (χ1) is 5.74. The van der Waals surface area contributed by atoms with Crippen LogP contribution in [0.3, 0.4) is 0 Å². The second-order valence-corrected chi connectivity index (χ2v) is 2.75. The lowest BCUT2D eigenvalue weighted by atomic mass is 10.2. The van der Waals surface area contributed by atoms with E-state index in [0.717, 1.165) is 6.42 Å². The first-order valence-electron chi connectivity index (χ1n) is 3.73. The van der Waals surface area contributed by atoms with Crippen molar-refractivity contribution in [1.29, 1.82) is 0 Å². The first kappa shape index (κ1) is 8.83. The molecule has 1 fully saturated rings. The number of nitrogens with one attached hydrogen (secondary N) is 1. The topological polar surface area (TPSA) is 98.1 Å². The number of hydrogen-bond donors (Lipinski definition) is 2. The maximum Gasteiger partial charge on any atom is 0.320 e. The van der Waals surface area contributed by atoms with Crippen molar-refractivity contribution in [3.05, 3.63) is 10.4 Å². The minimum Gasteiger partial charge on any atom is -0.480 e. The minimum atomic E-state index is -0.835. The van der Waals surface area contributed by atoms with Gasteiger partial charge in [0.25, 0.3) is 0 Å². The number of carboxylic acids is 1. The average molecular weight is 170 g/mol. The highest BCUT2D eigenvalue weighted by Crippen LogP contribution is 2.12. The Morgan fingerprint density at radius 2 is 2.50 bits per heavy atom. The summed E-state index contributed by atoms with van der Waals surface area (Å²) in [6.07, 6.45) is 1.37. The fraction of sp³-hybridized carbons (Fsp3) is 0.833. The van der Waals surface area contributed by atoms with Crippen LogP contribution in [0.2, 0.25) is 0 Å². The Balaban J connectivity index is 2.35. The van der Waals surface area contributed by atoms with Gasteiger partial charge in [-0.2, -0.15) is 0 Å². The Labute approximate surface area is 69.2 Å². The van der Waals surface area contributed by atoms with E-state index in [0.29, 0.717) is 13.0 Å². The van der Waals surface area contributed by atoms with Crippen molar-refractivity contribution in [2.24, 2.45) is 5.11 Å². The predicted molar refractivity (Wildman–Crippen MR) is 41.6 cm³/mol. The van der Waals surface area contributed by atoms with E-state index in [1.165, 1.54) is 0 Å². The molecule has 0 aliphatic carbocycles. The zero-order chi connectivity index (χ0) is 8.97. The number of rotatable bonds is 3. The fourth-order valence-electron chi connectivity index (χ4n) is 1.29. The molecule has 1 aliphatic heterocycles. The second-order valence-electron chi connectivity index (χ2n) is 2.75. The summed E-state index contributed by atoms with van der Waals surface area (Å²) in [5, 5.41) is 14.8. The summed E-state index contributed by atoms with van der Waals surface area (Å²) in [5.41, 5.74) is 8.02. The molecule has 0 aromatic heterocycles. The smallest absolute Gasteiger partial charge is 0.320 e. The molecule has 12 heavy (non-hydrogen) atoms. The molecular weight excluding hydrogens is 160 g/mol. The molecule has 6 heteroatoms. The van der Waals surface area contributed by atoms with E-state index in [1.54, 1.807) is 0 Å². The van der Waals surface area contributed by atoms with Crippen LogP contribution in [0.1, 0.15) is 12.8 Å². The van der Waals surface area contributed by atoms with Gasteiger partial charge in [-0.05, 0) is 18.4 Å². The molecule has 66 valence electrons. The van der Waals surface area contributed by atoms with E-state index in [-0.39, 0.29) is 6.04 Å². The van der Waals surface area contributed by atoms with E-state index in [1.807, 2.05) is 0 Å². The summed E-state index contributed by atoms with van der Waals surface area (Å²) < 4.78 is 0. The standard InChI is InChI=1S/C6H10N4O2/c7-10-8-3-4-1-2-5(9-4)6(11)12/h4-5,9H,1-3H2,(H,11,12)/t4-,5+/m1/s1. The number of nitrogens with zero attached hydrogens (tertiary/aromatic N) is 3. The van der Waals surface area contributed by atoms with Crippen LogP contribution in [0.5, 0.6) is 0 Å². The molecule has 6 nitrogen and oxygen atoms in total. The molecule has 0 saturated carbocycles. The lowest BCUT2D eigenvalue weighted by molar-refractivity contribution is -0.139. The third-order valence-corrected chi connectivity index (χ3v) is 1.90. The van der Waals surface area contributed by atoms with Gasteiger partial charge in [-0.15, -0.1) is 0 Å². The third kappa shape index (κ3) is 2.11. The molecular formula is C6H10N4O2. The highest BCUT2D eigenvalue weighted by Gasteiger charge is 2.27. The van der Waals surface area contributed by atoms with Crippen LogP contribution in [0.15, 0.2) is 5.11 Å². The molecule has 0 amide bonds. The summed E-state index contributed by atoms with van der Waals surface area (Å²) >= 11 is 0. The van der Waals surface area contributed by atoms with Crippen LogP contribution in [-0.4, -0.2) is 29.7 Å². The zero-order valence-electron chi connectivity index (χ0n) is 6.47. The van der Waals surface area contributed by atoms with Gasteiger partial charge in [0.1, 0.15) is 6.04 Å². The number of carbonyl (C=O) groups is 1. The summed E-state index contributed by atoms with van der Waals surface area (Å²) in [5.74, 6) is -0.835. The molecule has 0 radical (unpaired) electrons. The Kier molecular flexibility index (Phi) is 2.90. The van der Waals surface area contributed by atoms with Crippen molar-refractivity contribution in [3.63, 3.8) is 0 Å². The van der Waals surface area contributed by atoms with Gasteiger partial charge >= 0.3 is 5.97 Å². The normalized spacial score (nSPS) is 28.0. The number of carboxylic acid groups (broad SMARTS) is 1. The molecule has 2 atom stereocenters. The number of azide groups is 1. The Bertz CT molecular complexity index is 224. The largest absolute Gasteiger partial charge is 0.480 e. The fourth-order valence-corrected chi connectivity index (χ4v) is 1.29. The molecule has 1 heterocycles. The van der Waals surface area contributed by atoms with Gasteiger partial charge in [-0.3, -0.25) is 4.79 Å². The van der Waals surface area contributed by atoms with Crippen molar-refractivity contribution in [2.75, 3.05) is 6.54 Å². The van der Waals surface area contributed by atoms with E-state index in [2.05, 4.69) is 15.3 Å². The molecule has 0 bridgehead atoms. The highest BCUT2D eigenvalue weighted by molar-refractivity contribution is 5.73. The number of hydrogen-bond acceptors (Lipinski definition) is 3. The summed E-state index contributed by atoms with van der Waals surface area (Å²) in [4.78, 5) is 13.1. The minimum absolute atomic E-state index is 0.0296. The Hall–Kier alpha value is -1.26. The summed E-state index contributed by atoms with van der Waals surface area (Å²) in [7, 11) is 0. The van der Waals surface area contributed by atoms with Crippen LogP contribution in [0.4, 0.5) is 0 Å². The molecule has 1 aliphatic rings. The van der Waals surface area contributed by atoms with E-state index < -0.39 is 12.0 Å². The quantitative estimate of drug-likeness (QED) is 0.366.